The average molecular weight is 283 g/mol. The average Bonchev–Trinajstić information content (AvgIpc) is 2.38. The van der Waals surface area contributed by atoms with Crippen LogP contribution in [0.2, 0.25) is 0 Å². The highest BCUT2D eigenvalue weighted by molar-refractivity contribution is 5.75. The molecule has 2 N–H and O–H groups in total. The number of allylic oxidation sites excluding steroid dienone is 1. The fraction of sp³-hybridized carbons (Fsp3) is 0.812. The zero-order valence-corrected chi connectivity index (χ0v) is 13.2. The molecule has 0 saturated heterocycles. The van der Waals surface area contributed by atoms with Crippen LogP contribution in [0.15, 0.2) is 12.2 Å². The highest BCUT2D eigenvalue weighted by Crippen LogP contribution is 2.38. The van der Waals surface area contributed by atoms with Crippen molar-refractivity contribution in [3.8, 4) is 0 Å². The summed E-state index contributed by atoms with van der Waals surface area (Å²) in [4.78, 5) is 11.6. The van der Waals surface area contributed by atoms with E-state index in [0.717, 1.165) is 18.4 Å². The Kier molecular flexibility index (Phi) is 6.69. The van der Waals surface area contributed by atoms with E-state index in [1.807, 2.05) is 6.92 Å². The molecule has 5 unspecified atom stereocenters. The third-order valence-electron chi connectivity index (χ3n) is 4.26. The molecule has 0 aromatic carbocycles. The number of esters is 1. The zero-order valence-electron chi connectivity index (χ0n) is 13.2. The van der Waals surface area contributed by atoms with Crippen molar-refractivity contribution >= 4 is 5.97 Å². The standard InChI is InChI=1S/C16H29NO3/c1-6-20-16(19)12(5)17-15(18)14-9-11(4)7-8-13(14)10(2)3/h11-15,17-18H,2,6-9H2,1,3-5H3. The normalized spacial score (nSPS) is 29.6. The largest absolute Gasteiger partial charge is 0.465 e. The molecule has 116 valence electrons. The Hall–Kier alpha value is -0.870. The molecule has 1 rings (SSSR count). The molecule has 1 aliphatic rings. The first-order valence-corrected chi connectivity index (χ1v) is 7.62. The van der Waals surface area contributed by atoms with Crippen molar-refractivity contribution in [2.24, 2.45) is 17.8 Å². The number of hydrogen-bond donors (Lipinski definition) is 2. The molecule has 1 aliphatic carbocycles. The zero-order chi connectivity index (χ0) is 15.3. The Morgan fingerprint density at radius 3 is 2.70 bits per heavy atom. The number of ether oxygens (including phenoxy) is 1. The van der Waals surface area contributed by atoms with Crippen LogP contribution in [-0.2, 0) is 9.53 Å². The molecule has 0 aromatic heterocycles. The molecule has 0 bridgehead atoms. The predicted molar refractivity (Wildman–Crippen MR) is 80.0 cm³/mol. The van der Waals surface area contributed by atoms with Crippen LogP contribution in [0.4, 0.5) is 0 Å². The minimum absolute atomic E-state index is 0.119. The Bertz CT molecular complexity index is 343. The van der Waals surface area contributed by atoms with Gasteiger partial charge in [0.25, 0.3) is 0 Å². The number of carbonyl (C=O) groups excluding carboxylic acids is 1. The molecule has 0 radical (unpaired) electrons. The van der Waals surface area contributed by atoms with Gasteiger partial charge in [-0.25, -0.2) is 0 Å². The topological polar surface area (TPSA) is 58.6 Å². The molecule has 1 fully saturated rings. The molecule has 0 spiro atoms. The van der Waals surface area contributed by atoms with Gasteiger partial charge in [-0.2, -0.15) is 0 Å². The molecule has 4 nitrogen and oxygen atoms in total. The highest BCUT2D eigenvalue weighted by atomic mass is 16.5. The lowest BCUT2D eigenvalue weighted by atomic mass is 9.71. The number of carbonyl (C=O) groups is 1. The van der Waals surface area contributed by atoms with Crippen LogP contribution in [0.25, 0.3) is 0 Å². The van der Waals surface area contributed by atoms with E-state index in [0.29, 0.717) is 18.4 Å². The van der Waals surface area contributed by atoms with Gasteiger partial charge in [0.05, 0.1) is 6.61 Å². The summed E-state index contributed by atoms with van der Waals surface area (Å²) in [6, 6.07) is -0.493. The number of rotatable bonds is 6. The Morgan fingerprint density at radius 1 is 1.50 bits per heavy atom. The van der Waals surface area contributed by atoms with Gasteiger partial charge in [-0.3, -0.25) is 10.1 Å². The molecule has 1 saturated carbocycles. The number of hydrogen-bond acceptors (Lipinski definition) is 4. The first kappa shape index (κ1) is 17.2. The van der Waals surface area contributed by atoms with E-state index in [4.69, 9.17) is 4.74 Å². The third-order valence-corrected chi connectivity index (χ3v) is 4.26. The number of aliphatic hydroxyl groups excluding tert-OH is 1. The van der Waals surface area contributed by atoms with E-state index in [2.05, 4.69) is 18.8 Å². The van der Waals surface area contributed by atoms with Gasteiger partial charge in [0, 0.05) is 5.92 Å². The summed E-state index contributed by atoms with van der Waals surface area (Å²) in [5.74, 6) is 0.725. The molecule has 0 amide bonds. The predicted octanol–water partition coefficient (Wildman–Crippen LogP) is 2.47. The molecular weight excluding hydrogens is 254 g/mol. The van der Waals surface area contributed by atoms with Gasteiger partial charge < -0.3 is 9.84 Å². The molecule has 4 heteroatoms. The molecule has 5 atom stereocenters. The van der Waals surface area contributed by atoms with Crippen molar-refractivity contribution < 1.29 is 14.6 Å². The van der Waals surface area contributed by atoms with Crippen molar-refractivity contribution in [2.75, 3.05) is 6.61 Å². The smallest absolute Gasteiger partial charge is 0.322 e. The van der Waals surface area contributed by atoms with Crippen LogP contribution in [-0.4, -0.2) is 30.0 Å². The lowest BCUT2D eigenvalue weighted by Crippen LogP contribution is -2.49. The number of aliphatic hydroxyl groups is 1. The first-order chi connectivity index (χ1) is 9.36. The fourth-order valence-corrected chi connectivity index (χ4v) is 3.10. The lowest BCUT2D eigenvalue weighted by molar-refractivity contribution is -0.146. The summed E-state index contributed by atoms with van der Waals surface area (Å²) in [5.41, 5.74) is 1.12. The van der Waals surface area contributed by atoms with E-state index in [1.165, 1.54) is 6.42 Å². The molecule has 0 aromatic rings. The van der Waals surface area contributed by atoms with E-state index >= 15 is 0 Å². The second-order valence-corrected chi connectivity index (χ2v) is 6.12. The summed E-state index contributed by atoms with van der Waals surface area (Å²) >= 11 is 0. The van der Waals surface area contributed by atoms with E-state index < -0.39 is 12.3 Å². The molecule has 20 heavy (non-hydrogen) atoms. The summed E-state index contributed by atoms with van der Waals surface area (Å²) in [7, 11) is 0. The van der Waals surface area contributed by atoms with E-state index in [1.54, 1.807) is 13.8 Å². The summed E-state index contributed by atoms with van der Waals surface area (Å²) in [6.45, 7) is 12.1. The molecule has 0 aliphatic heterocycles. The van der Waals surface area contributed by atoms with Gasteiger partial charge in [-0.1, -0.05) is 25.5 Å². The van der Waals surface area contributed by atoms with Gasteiger partial charge in [0.1, 0.15) is 12.3 Å². The van der Waals surface area contributed by atoms with E-state index in [9.17, 15) is 9.90 Å². The van der Waals surface area contributed by atoms with Gasteiger partial charge in [0.2, 0.25) is 0 Å². The highest BCUT2D eigenvalue weighted by Gasteiger charge is 2.35. The lowest BCUT2D eigenvalue weighted by Gasteiger charge is -2.39. The summed E-state index contributed by atoms with van der Waals surface area (Å²) in [5, 5.41) is 13.4. The maximum absolute atomic E-state index is 11.6. The van der Waals surface area contributed by atoms with Crippen LogP contribution in [0.5, 0.6) is 0 Å². The van der Waals surface area contributed by atoms with Crippen molar-refractivity contribution in [3.05, 3.63) is 12.2 Å². The monoisotopic (exact) mass is 283 g/mol. The van der Waals surface area contributed by atoms with Crippen LogP contribution in [0.3, 0.4) is 0 Å². The second kappa shape index (κ2) is 7.79. The fourth-order valence-electron chi connectivity index (χ4n) is 3.10. The van der Waals surface area contributed by atoms with Crippen molar-refractivity contribution in [2.45, 2.75) is 59.2 Å². The van der Waals surface area contributed by atoms with Gasteiger partial charge in [-0.05, 0) is 45.4 Å². The van der Waals surface area contributed by atoms with Gasteiger partial charge in [0.15, 0.2) is 0 Å². The summed E-state index contributed by atoms with van der Waals surface area (Å²) < 4.78 is 4.96. The minimum Gasteiger partial charge on any atom is -0.465 e. The van der Waals surface area contributed by atoms with Crippen LogP contribution in [0.1, 0.15) is 47.0 Å². The summed E-state index contributed by atoms with van der Waals surface area (Å²) in [6.07, 6.45) is 2.50. The minimum atomic E-state index is -0.696. The van der Waals surface area contributed by atoms with E-state index in [-0.39, 0.29) is 11.9 Å². The quantitative estimate of drug-likeness (QED) is 0.447. The van der Waals surface area contributed by atoms with Crippen molar-refractivity contribution in [3.63, 3.8) is 0 Å². The van der Waals surface area contributed by atoms with Crippen molar-refractivity contribution in [1.29, 1.82) is 0 Å². The Labute approximate surface area is 122 Å². The maximum Gasteiger partial charge on any atom is 0.322 e. The third kappa shape index (κ3) is 4.60. The van der Waals surface area contributed by atoms with Crippen LogP contribution in [0, 0.1) is 17.8 Å². The molecular formula is C16H29NO3. The number of nitrogens with one attached hydrogen (secondary N) is 1. The SMILES string of the molecule is C=C(C)C1CCC(C)CC1C(O)NC(C)C(=O)OCC. The Morgan fingerprint density at radius 2 is 2.15 bits per heavy atom. The van der Waals surface area contributed by atoms with Crippen LogP contribution < -0.4 is 5.32 Å². The van der Waals surface area contributed by atoms with Crippen LogP contribution >= 0.6 is 0 Å². The van der Waals surface area contributed by atoms with Crippen molar-refractivity contribution in [1.82, 2.24) is 5.32 Å². The first-order valence-electron chi connectivity index (χ1n) is 7.62. The Balaban J connectivity index is 2.64. The second-order valence-electron chi connectivity index (χ2n) is 6.12. The molecule has 0 heterocycles. The maximum atomic E-state index is 11.6. The van der Waals surface area contributed by atoms with Gasteiger partial charge in [-0.15, -0.1) is 0 Å². The van der Waals surface area contributed by atoms with Gasteiger partial charge >= 0.3 is 5.97 Å².